The van der Waals surface area contributed by atoms with E-state index in [1.165, 1.54) is 0 Å². The van der Waals surface area contributed by atoms with Crippen LogP contribution in [0.5, 0.6) is 0 Å². The maximum atomic E-state index is 12.1. The van der Waals surface area contributed by atoms with Crippen molar-refractivity contribution in [3.05, 3.63) is 58.5 Å². The van der Waals surface area contributed by atoms with Crippen LogP contribution in [0.25, 0.3) is 10.8 Å². The third kappa shape index (κ3) is 2.70. The van der Waals surface area contributed by atoms with Gasteiger partial charge in [0.15, 0.2) is 0 Å². The van der Waals surface area contributed by atoms with Gasteiger partial charge in [-0.15, -0.1) is 11.3 Å². The highest BCUT2D eigenvalue weighted by Crippen LogP contribution is 2.23. The molecule has 0 saturated carbocycles. The van der Waals surface area contributed by atoms with Gasteiger partial charge in [0.25, 0.3) is 0 Å². The van der Waals surface area contributed by atoms with E-state index in [4.69, 9.17) is 0 Å². The Kier molecular flexibility index (Phi) is 3.48. The van der Waals surface area contributed by atoms with E-state index in [2.05, 4.69) is 10.3 Å². The first-order chi connectivity index (χ1) is 9.72. The summed E-state index contributed by atoms with van der Waals surface area (Å²) >= 11 is 1.56. The number of hydrogen-bond acceptors (Lipinski definition) is 3. The molecule has 100 valence electrons. The van der Waals surface area contributed by atoms with Crippen LogP contribution in [-0.4, -0.2) is 10.9 Å². The molecule has 0 aliphatic rings. The molecule has 3 nitrogen and oxygen atoms in total. The highest BCUT2D eigenvalue weighted by Gasteiger charge is 2.08. The van der Waals surface area contributed by atoms with Crippen LogP contribution in [-0.2, 0) is 11.2 Å². The molecule has 4 heteroatoms. The van der Waals surface area contributed by atoms with E-state index in [-0.39, 0.29) is 5.91 Å². The first-order valence-corrected chi connectivity index (χ1v) is 7.29. The Hall–Kier alpha value is -2.20. The molecular weight excluding hydrogens is 268 g/mol. The Morgan fingerprint density at radius 1 is 1.20 bits per heavy atom. The van der Waals surface area contributed by atoms with Gasteiger partial charge in [-0.1, -0.05) is 36.4 Å². The van der Waals surface area contributed by atoms with E-state index in [9.17, 15) is 4.79 Å². The van der Waals surface area contributed by atoms with Crippen LogP contribution < -0.4 is 5.32 Å². The van der Waals surface area contributed by atoms with Crippen molar-refractivity contribution < 1.29 is 4.79 Å². The van der Waals surface area contributed by atoms with Crippen LogP contribution in [0.1, 0.15) is 10.7 Å². The summed E-state index contributed by atoms with van der Waals surface area (Å²) in [4.78, 5) is 16.4. The lowest BCUT2D eigenvalue weighted by molar-refractivity contribution is -0.115. The van der Waals surface area contributed by atoms with Gasteiger partial charge in [-0.3, -0.25) is 4.79 Å². The van der Waals surface area contributed by atoms with E-state index >= 15 is 0 Å². The van der Waals surface area contributed by atoms with Crippen molar-refractivity contribution in [2.75, 3.05) is 5.32 Å². The molecule has 3 rings (SSSR count). The van der Waals surface area contributed by atoms with Crippen LogP contribution in [0.3, 0.4) is 0 Å². The number of thiazole rings is 1. The second-order valence-electron chi connectivity index (χ2n) is 4.61. The minimum atomic E-state index is -0.0355. The fraction of sp³-hybridized carbons (Fsp3) is 0.125. The van der Waals surface area contributed by atoms with Crippen LogP contribution in [0, 0.1) is 6.92 Å². The zero-order chi connectivity index (χ0) is 13.9. The molecule has 1 N–H and O–H groups in total. The predicted octanol–water partition coefficient (Wildman–Crippen LogP) is 3.79. The molecule has 0 fully saturated rings. The van der Waals surface area contributed by atoms with Gasteiger partial charge < -0.3 is 5.32 Å². The summed E-state index contributed by atoms with van der Waals surface area (Å²) < 4.78 is 0. The number of aryl methyl sites for hydroxylation is 1. The van der Waals surface area contributed by atoms with Gasteiger partial charge in [0, 0.05) is 16.5 Å². The number of benzene rings is 2. The van der Waals surface area contributed by atoms with Crippen molar-refractivity contribution in [1.29, 1.82) is 0 Å². The molecule has 0 spiro atoms. The van der Waals surface area contributed by atoms with Crippen LogP contribution >= 0.6 is 11.3 Å². The maximum absolute atomic E-state index is 12.1. The number of carbonyl (C=O) groups excluding carboxylic acids is 1. The summed E-state index contributed by atoms with van der Waals surface area (Å²) in [5.74, 6) is -0.0355. The number of anilines is 1. The standard InChI is InChI=1S/C16H14N2OS/c1-11-17-13(10-20-11)9-16(19)18-15-8-4-6-12-5-2-3-7-14(12)15/h2-8,10H,9H2,1H3,(H,18,19). The third-order valence-electron chi connectivity index (χ3n) is 3.07. The highest BCUT2D eigenvalue weighted by molar-refractivity contribution is 7.09. The van der Waals surface area contributed by atoms with E-state index in [0.717, 1.165) is 27.2 Å². The summed E-state index contributed by atoms with van der Waals surface area (Å²) in [5.41, 5.74) is 1.67. The minimum absolute atomic E-state index is 0.0355. The normalized spacial score (nSPS) is 10.7. The number of nitrogens with zero attached hydrogens (tertiary/aromatic N) is 1. The topological polar surface area (TPSA) is 42.0 Å². The second-order valence-corrected chi connectivity index (χ2v) is 5.67. The third-order valence-corrected chi connectivity index (χ3v) is 3.89. The molecule has 0 radical (unpaired) electrons. The average Bonchev–Trinajstić information content (AvgIpc) is 2.84. The summed E-state index contributed by atoms with van der Waals surface area (Å²) in [6.45, 7) is 1.94. The fourth-order valence-corrected chi connectivity index (χ4v) is 2.80. The molecule has 1 amide bonds. The van der Waals surface area contributed by atoms with Gasteiger partial charge in [-0.05, 0) is 18.4 Å². The van der Waals surface area contributed by atoms with Gasteiger partial charge in [-0.25, -0.2) is 4.98 Å². The molecule has 0 aliphatic heterocycles. The smallest absolute Gasteiger partial charge is 0.230 e. The number of hydrogen-bond donors (Lipinski definition) is 1. The molecule has 1 aromatic heterocycles. The van der Waals surface area contributed by atoms with Crippen LogP contribution in [0.4, 0.5) is 5.69 Å². The number of rotatable bonds is 3. The van der Waals surface area contributed by atoms with Crippen molar-refractivity contribution in [2.24, 2.45) is 0 Å². The molecule has 0 bridgehead atoms. The van der Waals surface area contributed by atoms with Crippen molar-refractivity contribution in [1.82, 2.24) is 4.98 Å². The van der Waals surface area contributed by atoms with E-state index in [0.29, 0.717) is 6.42 Å². The van der Waals surface area contributed by atoms with Crippen molar-refractivity contribution in [3.63, 3.8) is 0 Å². The zero-order valence-electron chi connectivity index (χ0n) is 11.1. The molecule has 20 heavy (non-hydrogen) atoms. The predicted molar refractivity (Wildman–Crippen MR) is 83.1 cm³/mol. The summed E-state index contributed by atoms with van der Waals surface area (Å²) in [6, 6.07) is 13.9. The van der Waals surface area contributed by atoms with Gasteiger partial charge in [0.1, 0.15) is 0 Å². The molecule has 0 unspecified atom stereocenters. The first kappa shape index (κ1) is 12.8. The summed E-state index contributed by atoms with van der Waals surface area (Å²) in [7, 11) is 0. The molecule has 0 saturated heterocycles. The quantitative estimate of drug-likeness (QED) is 0.794. The lowest BCUT2D eigenvalue weighted by Gasteiger charge is -2.08. The molecule has 2 aromatic carbocycles. The largest absolute Gasteiger partial charge is 0.325 e. The Morgan fingerprint density at radius 2 is 2.00 bits per heavy atom. The number of aromatic nitrogens is 1. The maximum Gasteiger partial charge on any atom is 0.230 e. The lowest BCUT2D eigenvalue weighted by Crippen LogP contribution is -2.14. The Morgan fingerprint density at radius 3 is 2.80 bits per heavy atom. The van der Waals surface area contributed by atoms with Crippen LogP contribution in [0.15, 0.2) is 47.8 Å². The van der Waals surface area contributed by atoms with Crippen molar-refractivity contribution in [3.8, 4) is 0 Å². The highest BCUT2D eigenvalue weighted by atomic mass is 32.1. The van der Waals surface area contributed by atoms with E-state index < -0.39 is 0 Å². The van der Waals surface area contributed by atoms with Gasteiger partial charge in [0.2, 0.25) is 5.91 Å². The number of nitrogens with one attached hydrogen (secondary N) is 1. The number of carbonyl (C=O) groups is 1. The SMILES string of the molecule is Cc1nc(CC(=O)Nc2cccc3ccccc23)cs1. The van der Waals surface area contributed by atoms with Gasteiger partial charge in [-0.2, -0.15) is 0 Å². The lowest BCUT2D eigenvalue weighted by atomic mass is 10.1. The monoisotopic (exact) mass is 282 g/mol. The van der Waals surface area contributed by atoms with Crippen LogP contribution in [0.2, 0.25) is 0 Å². The Bertz CT molecular complexity index is 759. The Labute approximate surface area is 121 Å². The van der Waals surface area contributed by atoms with E-state index in [1.807, 2.05) is 54.8 Å². The molecule has 0 aliphatic carbocycles. The average molecular weight is 282 g/mol. The molecule has 1 heterocycles. The van der Waals surface area contributed by atoms with Crippen molar-refractivity contribution >= 4 is 33.7 Å². The van der Waals surface area contributed by atoms with E-state index in [1.54, 1.807) is 11.3 Å². The molecule has 0 atom stereocenters. The van der Waals surface area contributed by atoms with Gasteiger partial charge in [0.05, 0.1) is 17.1 Å². The minimum Gasteiger partial charge on any atom is -0.325 e. The number of amides is 1. The second kappa shape index (κ2) is 5.43. The molecular formula is C16H14N2OS. The summed E-state index contributed by atoms with van der Waals surface area (Å²) in [6.07, 6.45) is 0.313. The molecule has 3 aromatic rings. The first-order valence-electron chi connectivity index (χ1n) is 6.41. The fourth-order valence-electron chi connectivity index (χ4n) is 2.18. The zero-order valence-corrected chi connectivity index (χ0v) is 11.9. The summed E-state index contributed by atoms with van der Waals surface area (Å²) in [5, 5.41) is 8.05. The number of fused-ring (bicyclic) bond motifs is 1. The van der Waals surface area contributed by atoms with Crippen molar-refractivity contribution in [2.45, 2.75) is 13.3 Å². The van der Waals surface area contributed by atoms with Gasteiger partial charge >= 0.3 is 0 Å². The Balaban J connectivity index is 1.81.